The number of nitrogens with zero attached hydrogens (tertiary/aromatic N) is 1. The molecule has 2 N–H and O–H groups in total. The van der Waals surface area contributed by atoms with Gasteiger partial charge in [0.1, 0.15) is 12.4 Å². The monoisotopic (exact) mass is 602 g/mol. The fraction of sp³-hybridized carbons (Fsp3) is 0.122. The van der Waals surface area contributed by atoms with Crippen molar-refractivity contribution in [2.45, 2.75) is 32.3 Å². The van der Waals surface area contributed by atoms with Gasteiger partial charge in [-0.05, 0) is 113 Å². The third-order valence-corrected chi connectivity index (χ3v) is 10.2. The molecule has 3 nitrogen and oxygen atoms in total. The van der Waals surface area contributed by atoms with Crippen LogP contribution in [0.4, 0.5) is 22.7 Å². The summed E-state index contributed by atoms with van der Waals surface area (Å²) in [6.45, 7) is 0.484. The lowest BCUT2D eigenvalue weighted by molar-refractivity contribution is 0.308. The zero-order chi connectivity index (χ0) is 30.2. The summed E-state index contributed by atoms with van der Waals surface area (Å²) in [4.78, 5) is 3.94. The molecule has 1 aromatic heterocycles. The van der Waals surface area contributed by atoms with Gasteiger partial charge in [-0.25, -0.2) is 0 Å². The van der Waals surface area contributed by atoms with Gasteiger partial charge >= 0.3 is 0 Å². The first kappa shape index (κ1) is 27.5. The molecule has 0 fully saturated rings. The molecular formula is C41H34N2OS. The number of nitrogens with two attached hydrogens (primary N) is 1. The van der Waals surface area contributed by atoms with E-state index >= 15 is 0 Å². The fourth-order valence-corrected chi connectivity index (χ4v) is 7.86. The number of anilines is 4. The maximum absolute atomic E-state index is 6.67. The Labute approximate surface area is 268 Å². The first-order valence-corrected chi connectivity index (χ1v) is 16.5. The molecule has 220 valence electrons. The Morgan fingerprint density at radius 3 is 2.13 bits per heavy atom. The molecule has 0 bridgehead atoms. The Hall–Kier alpha value is -5.06. The third kappa shape index (κ3) is 5.32. The number of hydrogen-bond acceptors (Lipinski definition) is 4. The van der Waals surface area contributed by atoms with Gasteiger partial charge in [-0.3, -0.25) is 0 Å². The van der Waals surface area contributed by atoms with Gasteiger partial charge in [-0.1, -0.05) is 78.9 Å². The van der Waals surface area contributed by atoms with E-state index < -0.39 is 0 Å². The van der Waals surface area contributed by atoms with Crippen molar-refractivity contribution in [2.24, 2.45) is 0 Å². The van der Waals surface area contributed by atoms with Gasteiger partial charge in [0.25, 0.3) is 0 Å². The van der Waals surface area contributed by atoms with E-state index in [1.54, 1.807) is 10.4 Å². The van der Waals surface area contributed by atoms with Crippen LogP contribution >= 0.6 is 11.3 Å². The minimum absolute atomic E-state index is 0.484. The van der Waals surface area contributed by atoms with Crippen LogP contribution in [0.2, 0.25) is 0 Å². The number of ether oxygens (including phenoxy) is 1. The van der Waals surface area contributed by atoms with E-state index in [0.29, 0.717) is 18.0 Å². The van der Waals surface area contributed by atoms with Crippen molar-refractivity contribution in [3.05, 3.63) is 149 Å². The van der Waals surface area contributed by atoms with Crippen molar-refractivity contribution < 1.29 is 4.74 Å². The van der Waals surface area contributed by atoms with E-state index in [9.17, 15) is 0 Å². The predicted octanol–water partition coefficient (Wildman–Crippen LogP) is 11.2. The van der Waals surface area contributed by atoms with E-state index in [0.717, 1.165) is 38.8 Å². The highest BCUT2D eigenvalue weighted by molar-refractivity contribution is 7.19. The smallest absolute Gasteiger partial charge is 0.143 e. The minimum atomic E-state index is 0.484. The van der Waals surface area contributed by atoms with Gasteiger partial charge in [0.2, 0.25) is 0 Å². The van der Waals surface area contributed by atoms with Crippen molar-refractivity contribution in [3.8, 4) is 16.9 Å². The molecule has 0 spiro atoms. The number of fused-ring (bicyclic) bond motifs is 4. The van der Waals surface area contributed by atoms with E-state index in [4.69, 9.17) is 10.5 Å². The zero-order valence-electron chi connectivity index (χ0n) is 25.1. The molecule has 0 aliphatic heterocycles. The molecule has 0 amide bonds. The number of benzene rings is 6. The van der Waals surface area contributed by atoms with Crippen LogP contribution in [0.1, 0.15) is 28.8 Å². The number of thiophene rings is 1. The molecule has 0 atom stereocenters. The Kier molecular flexibility index (Phi) is 7.20. The normalized spacial score (nSPS) is 12.7. The minimum Gasteiger partial charge on any atom is -0.487 e. The fourth-order valence-electron chi connectivity index (χ4n) is 6.58. The lowest BCUT2D eigenvalue weighted by Crippen LogP contribution is -2.09. The number of para-hydroxylation sites is 1. The molecule has 45 heavy (non-hydrogen) atoms. The van der Waals surface area contributed by atoms with Crippen LogP contribution in [-0.2, 0) is 19.4 Å². The van der Waals surface area contributed by atoms with Gasteiger partial charge in [0, 0.05) is 32.0 Å². The van der Waals surface area contributed by atoms with Crippen LogP contribution < -0.4 is 15.4 Å². The third-order valence-electron chi connectivity index (χ3n) is 8.93. The van der Waals surface area contributed by atoms with E-state index in [1.165, 1.54) is 41.5 Å². The van der Waals surface area contributed by atoms with Crippen LogP contribution in [0.15, 0.2) is 133 Å². The molecule has 1 heterocycles. The Bertz CT molecular complexity index is 2120. The highest BCUT2D eigenvalue weighted by atomic mass is 32.1. The van der Waals surface area contributed by atoms with Gasteiger partial charge in [-0.15, -0.1) is 11.3 Å². The van der Waals surface area contributed by atoms with Crippen molar-refractivity contribution in [1.82, 2.24) is 0 Å². The summed E-state index contributed by atoms with van der Waals surface area (Å²) in [7, 11) is 0. The summed E-state index contributed by atoms with van der Waals surface area (Å²) in [5.41, 5.74) is 15.8. The second-order valence-corrected chi connectivity index (χ2v) is 12.9. The van der Waals surface area contributed by atoms with Crippen molar-refractivity contribution in [1.29, 1.82) is 0 Å². The standard InChI is InChI=1S/C41H34N2OS/c42-41-36-25-31(16-15-30(36)19-23-38(41)44-27-28-9-3-1-4-10-28)29-17-20-33(21-18-29)43(32-11-5-2-6-12-32)34-22-24-40-37(26-34)35-13-7-8-14-39(35)45-40/h1-6,9-12,15-26H,7-8,13-14,27,42H2. The Balaban J connectivity index is 1.13. The number of hydrogen-bond donors (Lipinski definition) is 1. The van der Waals surface area contributed by atoms with Gasteiger partial charge in [0.05, 0.1) is 5.69 Å². The maximum atomic E-state index is 6.67. The molecule has 6 aromatic carbocycles. The average molecular weight is 603 g/mol. The predicted molar refractivity (Wildman–Crippen MR) is 191 cm³/mol. The molecule has 0 saturated heterocycles. The SMILES string of the molecule is Nc1c(OCc2ccccc2)ccc2ccc(-c3ccc(N(c4ccccc4)c4ccc5sc6c(c5c4)CCCC6)cc3)cc12. The summed E-state index contributed by atoms with van der Waals surface area (Å²) in [6, 6.07) is 47.2. The molecule has 0 saturated carbocycles. The molecule has 1 aliphatic rings. The van der Waals surface area contributed by atoms with Gasteiger partial charge in [0.15, 0.2) is 0 Å². The average Bonchev–Trinajstić information content (AvgIpc) is 3.47. The molecule has 1 aliphatic carbocycles. The number of nitrogen functional groups attached to an aromatic ring is 1. The second kappa shape index (κ2) is 11.8. The van der Waals surface area contributed by atoms with Gasteiger partial charge in [-0.2, -0.15) is 0 Å². The summed E-state index contributed by atoms with van der Waals surface area (Å²) >= 11 is 1.98. The maximum Gasteiger partial charge on any atom is 0.143 e. The largest absolute Gasteiger partial charge is 0.487 e. The molecule has 0 radical (unpaired) electrons. The van der Waals surface area contributed by atoms with Crippen LogP contribution in [-0.4, -0.2) is 0 Å². The molecular weight excluding hydrogens is 569 g/mol. The molecule has 8 rings (SSSR count). The van der Waals surface area contributed by atoms with Crippen LogP contribution in [0.3, 0.4) is 0 Å². The van der Waals surface area contributed by atoms with Crippen molar-refractivity contribution in [3.63, 3.8) is 0 Å². The highest BCUT2D eigenvalue weighted by Gasteiger charge is 2.19. The Morgan fingerprint density at radius 1 is 0.622 bits per heavy atom. The van der Waals surface area contributed by atoms with Crippen molar-refractivity contribution >= 4 is 54.9 Å². The molecule has 7 aromatic rings. The number of aryl methyl sites for hydroxylation is 2. The topological polar surface area (TPSA) is 38.5 Å². The highest BCUT2D eigenvalue weighted by Crippen LogP contribution is 2.42. The van der Waals surface area contributed by atoms with Crippen LogP contribution in [0.5, 0.6) is 5.75 Å². The summed E-state index contributed by atoms with van der Waals surface area (Å²) < 4.78 is 7.53. The summed E-state index contributed by atoms with van der Waals surface area (Å²) in [5, 5.41) is 3.52. The first-order chi connectivity index (χ1) is 22.2. The lowest BCUT2D eigenvalue weighted by atomic mass is 9.96. The van der Waals surface area contributed by atoms with E-state index in [1.807, 2.05) is 35.6 Å². The first-order valence-electron chi connectivity index (χ1n) is 15.7. The summed E-state index contributed by atoms with van der Waals surface area (Å²) in [6.07, 6.45) is 5.00. The zero-order valence-corrected chi connectivity index (χ0v) is 25.9. The van der Waals surface area contributed by atoms with E-state index in [2.05, 4.69) is 114 Å². The van der Waals surface area contributed by atoms with Gasteiger partial charge < -0.3 is 15.4 Å². The van der Waals surface area contributed by atoms with Crippen LogP contribution in [0, 0.1) is 0 Å². The number of rotatable bonds is 7. The van der Waals surface area contributed by atoms with Crippen molar-refractivity contribution in [2.75, 3.05) is 10.6 Å². The summed E-state index contributed by atoms with van der Waals surface area (Å²) in [5.74, 6) is 0.709. The second-order valence-electron chi connectivity index (χ2n) is 11.8. The molecule has 4 heteroatoms. The van der Waals surface area contributed by atoms with Crippen LogP contribution in [0.25, 0.3) is 32.0 Å². The van der Waals surface area contributed by atoms with E-state index in [-0.39, 0.29) is 0 Å². The quantitative estimate of drug-likeness (QED) is 0.184. The Morgan fingerprint density at radius 2 is 1.31 bits per heavy atom. The molecule has 0 unspecified atom stereocenters. The lowest BCUT2D eigenvalue weighted by Gasteiger charge is -2.26.